The molecule has 5 aromatic rings. The van der Waals surface area contributed by atoms with Gasteiger partial charge in [-0.15, -0.1) is 0 Å². The van der Waals surface area contributed by atoms with Crippen LogP contribution in [0, 0.1) is 24.4 Å². The summed E-state index contributed by atoms with van der Waals surface area (Å²) in [6, 6.07) is 8.56. The molecule has 10 heteroatoms. The minimum Gasteiger partial charge on any atom is -0.331 e. The average molecular weight is 504 g/mol. The van der Waals surface area contributed by atoms with E-state index in [9.17, 15) is 26.7 Å². The molecule has 2 aromatic carbocycles. The highest BCUT2D eigenvalue weighted by molar-refractivity contribution is 6.38. The van der Waals surface area contributed by atoms with Crippen molar-refractivity contribution in [1.82, 2.24) is 14.0 Å². The Morgan fingerprint density at radius 1 is 1.03 bits per heavy atom. The zero-order valence-corrected chi connectivity index (χ0v) is 19.0. The molecule has 0 atom stereocenters. The quantitative estimate of drug-likeness (QED) is 0.150. The SMILES string of the molecule is Cc1nc2c(Cl)c(-c3cccn4c(C(=O)c5cc(F)c(F)c(F)c5)ccc34)c(C(F)F)cc2n1C. The van der Waals surface area contributed by atoms with Crippen molar-refractivity contribution >= 4 is 33.9 Å². The third-order valence-electron chi connectivity index (χ3n) is 6.05. The number of nitrogens with zero attached hydrogens (tertiary/aromatic N) is 3. The maximum absolute atomic E-state index is 14.2. The fraction of sp³-hybridized carbons (Fsp3) is 0.120. The van der Waals surface area contributed by atoms with Gasteiger partial charge in [0, 0.05) is 35.5 Å². The Balaban J connectivity index is 1.74. The number of aryl methyl sites for hydroxylation is 2. The molecule has 0 radical (unpaired) electrons. The Labute approximate surface area is 200 Å². The van der Waals surface area contributed by atoms with Gasteiger partial charge in [0.15, 0.2) is 17.5 Å². The fourth-order valence-electron chi connectivity index (χ4n) is 4.23. The molecular weight excluding hydrogens is 489 g/mol. The zero-order chi connectivity index (χ0) is 25.2. The van der Waals surface area contributed by atoms with Crippen LogP contribution in [-0.2, 0) is 7.05 Å². The normalized spacial score (nSPS) is 11.8. The lowest BCUT2D eigenvalue weighted by molar-refractivity contribution is 0.103. The zero-order valence-electron chi connectivity index (χ0n) is 18.2. The Morgan fingerprint density at radius 3 is 2.37 bits per heavy atom. The van der Waals surface area contributed by atoms with Gasteiger partial charge in [0.2, 0.25) is 5.78 Å². The number of benzene rings is 2. The van der Waals surface area contributed by atoms with Gasteiger partial charge in [0.05, 0.1) is 21.7 Å². The van der Waals surface area contributed by atoms with Crippen molar-refractivity contribution in [2.24, 2.45) is 7.05 Å². The first-order valence-electron chi connectivity index (χ1n) is 10.3. The number of halogens is 6. The van der Waals surface area contributed by atoms with Crippen LogP contribution in [-0.4, -0.2) is 19.7 Å². The third kappa shape index (κ3) is 3.49. The van der Waals surface area contributed by atoms with E-state index in [1.165, 1.54) is 34.9 Å². The average Bonchev–Trinajstić information content (AvgIpc) is 3.38. The van der Waals surface area contributed by atoms with Crippen LogP contribution in [0.5, 0.6) is 0 Å². The third-order valence-corrected chi connectivity index (χ3v) is 6.41. The number of rotatable bonds is 4. The number of pyridine rings is 1. The molecule has 35 heavy (non-hydrogen) atoms. The summed E-state index contributed by atoms with van der Waals surface area (Å²) in [4.78, 5) is 17.4. The highest BCUT2D eigenvalue weighted by Gasteiger charge is 2.25. The minimum atomic E-state index is -2.86. The standard InChI is InChI=1S/C25H15ClF5N3O/c1-11-32-23-19(33(11)2)10-14(25(30)31)20(21(23)26)13-4-3-7-34-17(13)5-6-18(34)24(35)12-8-15(27)22(29)16(28)9-12/h3-10,25H,1-2H3. The highest BCUT2D eigenvalue weighted by atomic mass is 35.5. The molecule has 0 N–H and O–H groups in total. The lowest BCUT2D eigenvalue weighted by atomic mass is 9.98. The molecule has 0 saturated heterocycles. The number of hydrogen-bond acceptors (Lipinski definition) is 2. The van der Waals surface area contributed by atoms with Gasteiger partial charge < -0.3 is 8.97 Å². The molecule has 3 aromatic heterocycles. The summed E-state index contributed by atoms with van der Waals surface area (Å²) < 4.78 is 72.1. The fourth-order valence-corrected chi connectivity index (χ4v) is 4.58. The molecule has 0 fully saturated rings. The number of fused-ring (bicyclic) bond motifs is 2. The van der Waals surface area contributed by atoms with Crippen LogP contribution in [0.25, 0.3) is 27.7 Å². The molecule has 0 amide bonds. The highest BCUT2D eigenvalue weighted by Crippen LogP contribution is 2.43. The second-order valence-corrected chi connectivity index (χ2v) is 8.40. The van der Waals surface area contributed by atoms with E-state index in [4.69, 9.17) is 11.6 Å². The van der Waals surface area contributed by atoms with Crippen molar-refractivity contribution in [3.63, 3.8) is 0 Å². The van der Waals surface area contributed by atoms with Gasteiger partial charge >= 0.3 is 0 Å². The Morgan fingerprint density at radius 2 is 1.71 bits per heavy atom. The number of carbonyl (C=O) groups excluding carboxylic acids is 1. The van der Waals surface area contributed by atoms with Crippen LogP contribution in [0.4, 0.5) is 22.0 Å². The molecule has 178 valence electrons. The summed E-state index contributed by atoms with van der Waals surface area (Å²) in [5.41, 5.74) is 0.825. The first-order valence-corrected chi connectivity index (χ1v) is 10.7. The van der Waals surface area contributed by atoms with Crippen molar-refractivity contribution in [3.05, 3.63) is 93.8 Å². The molecular formula is C25H15ClF5N3O. The number of ketones is 1. The number of alkyl halides is 2. The summed E-state index contributed by atoms with van der Waals surface area (Å²) in [6.07, 6.45) is -1.36. The summed E-state index contributed by atoms with van der Waals surface area (Å²) in [5.74, 6) is -4.87. The monoisotopic (exact) mass is 503 g/mol. The predicted octanol–water partition coefficient (Wildman–Crippen LogP) is 7.04. The van der Waals surface area contributed by atoms with Gasteiger partial charge in [-0.2, -0.15) is 0 Å². The number of imidazole rings is 1. The van der Waals surface area contributed by atoms with Gasteiger partial charge in [-0.3, -0.25) is 4.79 Å². The van der Waals surface area contributed by atoms with Gasteiger partial charge in [0.1, 0.15) is 11.3 Å². The maximum atomic E-state index is 14.2. The molecule has 0 aliphatic rings. The van der Waals surface area contributed by atoms with Crippen molar-refractivity contribution in [2.75, 3.05) is 0 Å². The summed E-state index contributed by atoms with van der Waals surface area (Å²) in [7, 11) is 1.70. The minimum absolute atomic E-state index is 0.00302. The Hall–Kier alpha value is -3.72. The van der Waals surface area contributed by atoms with E-state index in [-0.39, 0.29) is 21.8 Å². The Bertz CT molecular complexity index is 1650. The number of hydrogen-bond donors (Lipinski definition) is 0. The van der Waals surface area contributed by atoms with Crippen molar-refractivity contribution in [2.45, 2.75) is 13.3 Å². The summed E-state index contributed by atoms with van der Waals surface area (Å²) >= 11 is 6.62. The number of aromatic nitrogens is 3. The second-order valence-electron chi connectivity index (χ2n) is 8.02. The maximum Gasteiger partial charge on any atom is 0.264 e. The van der Waals surface area contributed by atoms with Crippen LogP contribution in [0.3, 0.4) is 0 Å². The molecule has 5 rings (SSSR count). The topological polar surface area (TPSA) is 39.3 Å². The first-order chi connectivity index (χ1) is 16.6. The van der Waals surface area contributed by atoms with Crippen LogP contribution in [0.15, 0.2) is 48.7 Å². The van der Waals surface area contributed by atoms with Gasteiger partial charge in [-0.05, 0) is 43.3 Å². The smallest absolute Gasteiger partial charge is 0.264 e. The van der Waals surface area contributed by atoms with E-state index in [1.54, 1.807) is 24.6 Å². The number of carbonyl (C=O) groups is 1. The van der Waals surface area contributed by atoms with Crippen LogP contribution >= 0.6 is 11.6 Å². The molecule has 0 bridgehead atoms. The van der Waals surface area contributed by atoms with Crippen molar-refractivity contribution < 1.29 is 26.7 Å². The molecule has 0 aliphatic carbocycles. The first kappa shape index (κ1) is 23.0. The van der Waals surface area contributed by atoms with E-state index < -0.39 is 35.2 Å². The van der Waals surface area contributed by atoms with Gasteiger partial charge in [-0.1, -0.05) is 17.7 Å². The van der Waals surface area contributed by atoms with Crippen molar-refractivity contribution in [3.8, 4) is 11.1 Å². The molecule has 0 spiro atoms. The molecule has 0 aliphatic heterocycles. The van der Waals surface area contributed by atoms with E-state index in [2.05, 4.69) is 4.98 Å². The predicted molar refractivity (Wildman–Crippen MR) is 122 cm³/mol. The lowest BCUT2D eigenvalue weighted by Crippen LogP contribution is -2.07. The largest absolute Gasteiger partial charge is 0.331 e. The van der Waals surface area contributed by atoms with E-state index >= 15 is 0 Å². The molecule has 4 nitrogen and oxygen atoms in total. The van der Waals surface area contributed by atoms with Gasteiger partial charge in [-0.25, -0.2) is 26.9 Å². The van der Waals surface area contributed by atoms with Crippen LogP contribution < -0.4 is 0 Å². The molecule has 3 heterocycles. The van der Waals surface area contributed by atoms with Gasteiger partial charge in [0.25, 0.3) is 6.43 Å². The summed E-state index contributed by atoms with van der Waals surface area (Å²) in [5, 5.41) is 0.0337. The van der Waals surface area contributed by atoms with Crippen LogP contribution in [0.2, 0.25) is 5.02 Å². The van der Waals surface area contributed by atoms with E-state index in [0.29, 0.717) is 40.1 Å². The van der Waals surface area contributed by atoms with E-state index in [1.807, 2.05) is 0 Å². The molecule has 0 saturated carbocycles. The van der Waals surface area contributed by atoms with Crippen LogP contribution in [0.1, 0.15) is 33.9 Å². The van der Waals surface area contributed by atoms with E-state index in [0.717, 1.165) is 0 Å². The summed E-state index contributed by atoms with van der Waals surface area (Å²) in [6.45, 7) is 1.73. The van der Waals surface area contributed by atoms with Crippen molar-refractivity contribution in [1.29, 1.82) is 0 Å². The second kappa shape index (κ2) is 8.20. The Kier molecular flexibility index (Phi) is 5.40. The molecule has 0 unspecified atom stereocenters. The lowest BCUT2D eigenvalue weighted by Gasteiger charge is -2.14.